The average molecular weight is 2040 g/mol. The van der Waals surface area contributed by atoms with Gasteiger partial charge >= 0.3 is 6.11 Å². The number of fused-ring (bicyclic) bond motifs is 12. The minimum absolute atomic E-state index is 0.0385. The standard InChI is InChI=1S/C26H27N7O5.C25H23F2N7O5.C24H21F2N7O4.C24H23N7O4/c1-26(2,15-36-4)28-24(34)16-9-10-17(27-12-16)13-37-25-20-8-6-5-7-19(20)22-29-30-23(33(22)31-25)21-11-18(14-35-3)38-32-21;1-25(26,27)38-10-9-28-23(35)15-7-8-16(29-12-15)13-37-24-19-6-4-3-5-18(19)21-30-31-22(34(21)32-24)20-11-17(14-36-2)39-33-20;1-24(25,26)13-28-22(34)14-7-8-15(27-10-14)11-36-23-18-6-4-3-5-17(18)20-29-30-21(33(20)31-23)19-9-16(12-35-2)37-32-19;1-3-10-25-23(32)15-8-9-16(26-12-15)13-34-24-19-7-5-4-6-18(19)21-27-28-22(31(21)29-24)20-11-17(14-33-2)35-30-20/h5-12H,13-15H2,1-4H3,(H,28,34);3-8,11-12H,9-10,13-14H2,1-2H3,(H,28,35);3-10H,11-13H2,1-2H3,(H,28,34);4-9,11-12H,3,10,13-14H2,1-2H3,(H,25,32). The first-order valence-electron chi connectivity index (χ1n) is 45.9. The monoisotopic (exact) mass is 2040 g/mol. The van der Waals surface area contributed by atoms with Gasteiger partial charge in [-0.2, -0.15) is 26.8 Å². The summed E-state index contributed by atoms with van der Waals surface area (Å²) in [6.07, 6.45) is 3.35. The molecule has 0 saturated heterocycles. The summed E-state index contributed by atoms with van der Waals surface area (Å²) in [6.45, 7) is 8.51. The Morgan fingerprint density at radius 3 is 0.886 bits per heavy atom. The lowest BCUT2D eigenvalue weighted by atomic mass is 10.1. The number of carbonyl (C=O) groups is 4. The molecule has 4 amide bonds. The van der Waals surface area contributed by atoms with Crippen molar-refractivity contribution in [2.45, 2.75) is 111 Å². The van der Waals surface area contributed by atoms with Gasteiger partial charge in [-0.05, 0) is 93.1 Å². The van der Waals surface area contributed by atoms with E-state index in [2.05, 4.69) is 128 Å². The molecule has 0 aliphatic rings. The number of hydrogen-bond donors (Lipinski definition) is 4. The molecule has 20 aromatic rings. The Kier molecular flexibility index (Phi) is 32.0. The van der Waals surface area contributed by atoms with Crippen LogP contribution in [-0.4, -0.2) is 229 Å². The number of nitrogens with one attached hydrogen (secondary N) is 4. The average Bonchev–Trinajstić information content (AvgIpc) is 1.63. The molecule has 50 heteroatoms. The number of pyridine rings is 4. The number of halogens is 4. The molecular weight excluding hydrogens is 1950 g/mol. The molecule has 4 N–H and O–H groups in total. The van der Waals surface area contributed by atoms with Gasteiger partial charge in [0.25, 0.3) is 29.6 Å². The van der Waals surface area contributed by atoms with Crippen molar-refractivity contribution in [2.24, 2.45) is 0 Å². The van der Waals surface area contributed by atoms with E-state index in [0.717, 1.165) is 51.0 Å². The molecule has 0 saturated carbocycles. The molecule has 0 aliphatic carbocycles. The van der Waals surface area contributed by atoms with Crippen molar-refractivity contribution in [1.29, 1.82) is 0 Å². The number of aromatic nitrogens is 24. The van der Waals surface area contributed by atoms with E-state index in [0.29, 0.717) is 181 Å². The first-order valence-corrected chi connectivity index (χ1v) is 45.9. The molecule has 16 heterocycles. The van der Waals surface area contributed by atoms with E-state index in [9.17, 15) is 36.7 Å². The van der Waals surface area contributed by atoms with Gasteiger partial charge in [-0.1, -0.05) is 100 Å². The van der Waals surface area contributed by atoms with Gasteiger partial charge in [0.1, 0.15) is 52.9 Å². The SMILES string of the molecule is CCCNC(=O)c1ccc(COc2nn3c(-c4cc(COC)on4)nnc3c3ccccc23)nc1.COCc1cc(-c2nnc3c4ccccc4c(OCc4ccc(C(=O)NC(C)(C)COC)cn4)nn23)no1.COCc1cc(-c2nnc3c4ccccc4c(OCc4ccc(C(=O)NCC(C)(F)F)cn4)nn23)no1.COCc1cc(-c2nnc3c4ccccc4c(OCc4ccc(C(=O)NCCOC(C)(F)F)cn4)nn23)no1. The van der Waals surface area contributed by atoms with E-state index in [1.807, 2.05) is 118 Å². The Morgan fingerprint density at radius 2 is 0.624 bits per heavy atom. The van der Waals surface area contributed by atoms with Gasteiger partial charge in [-0.15, -0.1) is 61.2 Å². The molecule has 0 bridgehead atoms. The fourth-order valence-electron chi connectivity index (χ4n) is 14.9. The summed E-state index contributed by atoms with van der Waals surface area (Å²) in [5, 5.41) is 85.6. The van der Waals surface area contributed by atoms with Crippen molar-refractivity contribution in [1.82, 2.24) is 141 Å². The van der Waals surface area contributed by atoms with Gasteiger partial charge in [-0.3, -0.25) is 39.1 Å². The molecule has 766 valence electrons. The van der Waals surface area contributed by atoms with Crippen LogP contribution in [-0.2, 0) is 81.3 Å². The van der Waals surface area contributed by atoms with E-state index in [-0.39, 0.29) is 82.3 Å². The van der Waals surface area contributed by atoms with E-state index >= 15 is 0 Å². The highest BCUT2D eigenvalue weighted by atomic mass is 19.3. The Morgan fingerprint density at radius 1 is 0.342 bits per heavy atom. The smallest absolute Gasteiger partial charge is 0.352 e. The molecule has 0 radical (unpaired) electrons. The minimum Gasteiger partial charge on any atom is -0.470 e. The lowest BCUT2D eigenvalue weighted by Crippen LogP contribution is -2.46. The zero-order chi connectivity index (χ0) is 104. The van der Waals surface area contributed by atoms with Crippen molar-refractivity contribution in [2.75, 3.05) is 68.4 Å². The number of hydrogen-bond acceptors (Lipinski definition) is 38. The third kappa shape index (κ3) is 24.9. The second-order valence-corrected chi connectivity index (χ2v) is 33.9. The number of amides is 4. The Labute approximate surface area is 840 Å². The summed E-state index contributed by atoms with van der Waals surface area (Å²) >= 11 is 0. The van der Waals surface area contributed by atoms with Gasteiger partial charge in [-0.25, -0.2) is 8.78 Å². The summed E-state index contributed by atoms with van der Waals surface area (Å²) < 4.78 is 133. The summed E-state index contributed by atoms with van der Waals surface area (Å²) in [7, 11) is 7.86. The number of ether oxygens (including phenoxy) is 10. The Bertz CT molecular complexity index is 8090. The molecule has 149 heavy (non-hydrogen) atoms. The zero-order valence-electron chi connectivity index (χ0n) is 81.5. The fourth-order valence-corrected chi connectivity index (χ4v) is 14.9. The van der Waals surface area contributed by atoms with Gasteiger partial charge < -0.3 is 86.7 Å². The topological polar surface area (TPSA) is 537 Å². The van der Waals surface area contributed by atoms with Gasteiger partial charge in [0.05, 0.1) is 70.3 Å². The second kappa shape index (κ2) is 46.4. The molecule has 0 fully saturated rings. The maximum Gasteiger partial charge on any atom is 0.352 e. The molecule has 4 aromatic carbocycles. The quantitative estimate of drug-likeness (QED) is 0.0205. The summed E-state index contributed by atoms with van der Waals surface area (Å²) in [5.41, 5.74) is 7.20. The summed E-state index contributed by atoms with van der Waals surface area (Å²) in [6, 6.07) is 50.3. The largest absolute Gasteiger partial charge is 0.470 e. The fraction of sp³-hybridized carbons (Fsp3) is 0.273. The van der Waals surface area contributed by atoms with Crippen LogP contribution in [0.4, 0.5) is 17.6 Å². The van der Waals surface area contributed by atoms with Crippen LogP contribution < -0.4 is 40.2 Å². The minimum atomic E-state index is -3.25. The van der Waals surface area contributed by atoms with E-state index < -0.39 is 35.9 Å². The third-order valence-electron chi connectivity index (χ3n) is 21.8. The Balaban J connectivity index is 0.000000135. The first kappa shape index (κ1) is 103. The maximum atomic E-state index is 13.0. The van der Waals surface area contributed by atoms with Crippen molar-refractivity contribution in [3.63, 3.8) is 0 Å². The predicted molar refractivity (Wildman–Crippen MR) is 520 cm³/mol. The zero-order valence-corrected chi connectivity index (χ0v) is 81.5. The maximum absolute atomic E-state index is 13.0. The number of rotatable bonds is 39. The van der Waals surface area contributed by atoms with Crippen LogP contribution in [0.25, 0.3) is 112 Å². The van der Waals surface area contributed by atoms with E-state index in [1.54, 1.807) is 118 Å². The van der Waals surface area contributed by atoms with Crippen LogP contribution in [0, 0.1) is 0 Å². The second-order valence-electron chi connectivity index (χ2n) is 33.9. The van der Waals surface area contributed by atoms with Crippen LogP contribution >= 0.6 is 0 Å². The third-order valence-corrected chi connectivity index (χ3v) is 21.8. The number of methoxy groups -OCH3 is 5. The van der Waals surface area contributed by atoms with Crippen molar-refractivity contribution < 1.29 is 102 Å². The van der Waals surface area contributed by atoms with Crippen LogP contribution in [0.3, 0.4) is 0 Å². The summed E-state index contributed by atoms with van der Waals surface area (Å²) in [4.78, 5) is 66.2. The number of alkyl halides is 4. The molecule has 16 aromatic heterocycles. The molecular formula is C99H94F4N28O18. The lowest BCUT2D eigenvalue weighted by Gasteiger charge is -2.25. The highest BCUT2D eigenvalue weighted by Gasteiger charge is 2.30. The van der Waals surface area contributed by atoms with Crippen molar-refractivity contribution >= 4 is 89.3 Å². The number of benzene rings is 4. The van der Waals surface area contributed by atoms with Crippen molar-refractivity contribution in [3.8, 4) is 69.6 Å². The molecule has 0 aliphatic heterocycles. The highest BCUT2D eigenvalue weighted by Crippen LogP contribution is 2.36. The highest BCUT2D eigenvalue weighted by molar-refractivity contribution is 6.01. The number of nitrogens with zero attached hydrogens (tertiary/aromatic N) is 24. The van der Waals surface area contributed by atoms with Crippen LogP contribution in [0.5, 0.6) is 23.5 Å². The van der Waals surface area contributed by atoms with E-state index in [1.165, 1.54) is 33.7 Å². The van der Waals surface area contributed by atoms with Gasteiger partial charge in [0.15, 0.2) is 68.4 Å². The first-order chi connectivity index (χ1) is 72.2. The van der Waals surface area contributed by atoms with E-state index in [4.69, 9.17) is 60.7 Å². The number of carbonyl (C=O) groups excluding carboxylic acids is 4. The lowest BCUT2D eigenvalue weighted by molar-refractivity contribution is -0.222. The van der Waals surface area contributed by atoms with Crippen LogP contribution in [0.1, 0.15) is 128 Å². The molecule has 0 spiro atoms. The predicted octanol–water partition coefficient (Wildman–Crippen LogP) is 13.3. The molecule has 0 unspecified atom stereocenters. The van der Waals surface area contributed by atoms with Crippen molar-refractivity contribution in [3.05, 3.63) is 263 Å². The molecule has 20 rings (SSSR count). The van der Waals surface area contributed by atoms with Crippen LogP contribution in [0.15, 0.2) is 213 Å². The molecule has 46 nitrogen and oxygen atoms in total. The van der Waals surface area contributed by atoms with Gasteiger partial charge in [0.2, 0.25) is 46.8 Å². The van der Waals surface area contributed by atoms with Gasteiger partial charge in [0, 0.05) is 155 Å². The normalized spacial score (nSPS) is 11.7. The molecule has 0 atom stereocenters. The Hall–Kier alpha value is -17.9. The van der Waals surface area contributed by atoms with Crippen LogP contribution in [0.2, 0.25) is 0 Å². The summed E-state index contributed by atoms with van der Waals surface area (Å²) in [5.74, 6) is 0.645.